The van der Waals surface area contributed by atoms with E-state index in [2.05, 4.69) is 10.6 Å². The van der Waals surface area contributed by atoms with E-state index in [1.807, 2.05) is 0 Å². The molecule has 1 rings (SSSR count). The molecule has 0 aliphatic heterocycles. The van der Waals surface area contributed by atoms with E-state index < -0.39 is 30.1 Å². The van der Waals surface area contributed by atoms with Gasteiger partial charge in [-0.1, -0.05) is 12.8 Å². The fourth-order valence-electron chi connectivity index (χ4n) is 2.44. The fourth-order valence-corrected chi connectivity index (χ4v) is 2.44. The molecule has 0 heterocycles. The average molecular weight is 286 g/mol. The predicted octanol–water partition coefficient (Wildman–Crippen LogP) is -0.524. The third-order valence-corrected chi connectivity index (χ3v) is 3.37. The van der Waals surface area contributed by atoms with Crippen LogP contribution in [-0.2, 0) is 19.1 Å². The first-order valence-corrected chi connectivity index (χ1v) is 6.82. The maximum atomic E-state index is 12.3. The number of ether oxygens (including phenoxy) is 1. The van der Waals surface area contributed by atoms with E-state index in [0.29, 0.717) is 12.8 Å². The Hall–Kier alpha value is -1.63. The van der Waals surface area contributed by atoms with Crippen molar-refractivity contribution in [3.63, 3.8) is 0 Å². The number of hydrogen-bond acceptors (Lipinski definition) is 5. The highest BCUT2D eigenvalue weighted by molar-refractivity contribution is 5.93. The van der Waals surface area contributed by atoms with Gasteiger partial charge in [0.2, 0.25) is 11.8 Å². The largest absolute Gasteiger partial charge is 0.464 e. The van der Waals surface area contributed by atoms with Crippen molar-refractivity contribution in [1.29, 1.82) is 0 Å². The molecule has 20 heavy (non-hydrogen) atoms. The highest BCUT2D eigenvalue weighted by Gasteiger charge is 2.43. The molecule has 0 radical (unpaired) electrons. The van der Waals surface area contributed by atoms with Gasteiger partial charge in [0.1, 0.15) is 5.54 Å². The molecule has 0 bridgehead atoms. The molecule has 1 saturated carbocycles. The van der Waals surface area contributed by atoms with E-state index in [1.165, 1.54) is 6.92 Å². The quantitative estimate of drug-likeness (QED) is 0.570. The Morgan fingerprint density at radius 3 is 2.35 bits per heavy atom. The van der Waals surface area contributed by atoms with Gasteiger partial charge in [-0.2, -0.15) is 0 Å². The predicted molar refractivity (Wildman–Crippen MR) is 70.7 cm³/mol. The molecule has 0 saturated heterocycles. The van der Waals surface area contributed by atoms with Crippen molar-refractivity contribution in [2.75, 3.05) is 13.2 Å². The van der Waals surface area contributed by atoms with Gasteiger partial charge >= 0.3 is 5.97 Å². The van der Waals surface area contributed by atoms with Crippen LogP contribution >= 0.6 is 0 Å². The minimum Gasteiger partial charge on any atom is -0.464 e. The molecule has 0 aromatic carbocycles. The van der Waals surface area contributed by atoms with E-state index in [1.54, 1.807) is 6.92 Å². The maximum absolute atomic E-state index is 12.3. The van der Waals surface area contributed by atoms with Gasteiger partial charge in [0.05, 0.1) is 13.2 Å². The lowest BCUT2D eigenvalue weighted by atomic mass is 9.95. The topological polar surface area (TPSA) is 105 Å². The smallest absolute Gasteiger partial charge is 0.331 e. The fraction of sp³-hybridized carbons (Fsp3) is 0.769. The van der Waals surface area contributed by atoms with Crippen LogP contribution in [0.5, 0.6) is 0 Å². The zero-order valence-electron chi connectivity index (χ0n) is 11.9. The summed E-state index contributed by atoms with van der Waals surface area (Å²) in [5.41, 5.74) is -0.980. The Bertz CT molecular complexity index is 377. The molecular formula is C13H22N2O5. The summed E-state index contributed by atoms with van der Waals surface area (Å²) in [5, 5.41) is 14.3. The van der Waals surface area contributed by atoms with Crippen LogP contribution in [0.25, 0.3) is 0 Å². The number of carbonyl (C=O) groups is 3. The molecule has 0 aromatic heterocycles. The number of nitrogens with one attached hydrogen (secondary N) is 2. The van der Waals surface area contributed by atoms with Crippen molar-refractivity contribution >= 4 is 17.8 Å². The normalized spacial score (nSPS) is 18.1. The summed E-state index contributed by atoms with van der Waals surface area (Å²) in [7, 11) is 0. The van der Waals surface area contributed by atoms with Crippen molar-refractivity contribution in [1.82, 2.24) is 10.6 Å². The zero-order valence-corrected chi connectivity index (χ0v) is 11.9. The Kier molecular flexibility index (Phi) is 5.94. The lowest BCUT2D eigenvalue weighted by Crippen LogP contribution is -2.60. The number of rotatable bonds is 6. The van der Waals surface area contributed by atoms with Gasteiger partial charge in [0, 0.05) is 6.92 Å². The third-order valence-electron chi connectivity index (χ3n) is 3.37. The van der Waals surface area contributed by atoms with Crippen LogP contribution < -0.4 is 10.6 Å². The molecule has 7 nitrogen and oxygen atoms in total. The van der Waals surface area contributed by atoms with Crippen LogP contribution in [-0.4, -0.2) is 47.7 Å². The van der Waals surface area contributed by atoms with Gasteiger partial charge in [0.15, 0.2) is 6.04 Å². The molecular weight excluding hydrogens is 264 g/mol. The molecule has 1 atom stereocenters. The van der Waals surface area contributed by atoms with Gasteiger partial charge in [-0.3, -0.25) is 9.59 Å². The molecule has 7 heteroatoms. The zero-order chi connectivity index (χ0) is 15.2. The molecule has 0 aromatic rings. The highest BCUT2D eigenvalue weighted by Crippen LogP contribution is 2.30. The SMILES string of the molecule is CCOC(=O)[C@H](CO)NC(=O)C1(NC(C)=O)CCCC1. The molecule has 114 valence electrons. The molecule has 3 N–H and O–H groups in total. The number of hydrogen-bond donors (Lipinski definition) is 3. The average Bonchev–Trinajstić information content (AvgIpc) is 2.84. The third kappa shape index (κ3) is 3.93. The van der Waals surface area contributed by atoms with Gasteiger partial charge in [-0.15, -0.1) is 0 Å². The Morgan fingerprint density at radius 2 is 1.90 bits per heavy atom. The molecule has 1 aliphatic carbocycles. The summed E-state index contributed by atoms with van der Waals surface area (Å²) in [5.74, 6) is -1.42. The van der Waals surface area contributed by atoms with Crippen molar-refractivity contribution in [2.45, 2.75) is 51.1 Å². The van der Waals surface area contributed by atoms with Crippen molar-refractivity contribution < 1.29 is 24.2 Å². The van der Waals surface area contributed by atoms with Crippen LogP contribution in [0.1, 0.15) is 39.5 Å². The van der Waals surface area contributed by atoms with Crippen LogP contribution in [0.4, 0.5) is 0 Å². The summed E-state index contributed by atoms with van der Waals surface area (Å²) in [6.07, 6.45) is 2.71. The number of amides is 2. The van der Waals surface area contributed by atoms with Crippen LogP contribution in [0.3, 0.4) is 0 Å². The Morgan fingerprint density at radius 1 is 1.30 bits per heavy atom. The number of carbonyl (C=O) groups excluding carboxylic acids is 3. The lowest BCUT2D eigenvalue weighted by Gasteiger charge is -2.30. The Balaban J connectivity index is 2.75. The van der Waals surface area contributed by atoms with E-state index in [0.717, 1.165) is 12.8 Å². The van der Waals surface area contributed by atoms with E-state index in [-0.39, 0.29) is 12.5 Å². The van der Waals surface area contributed by atoms with Gasteiger partial charge in [-0.25, -0.2) is 4.79 Å². The molecule has 1 fully saturated rings. The van der Waals surface area contributed by atoms with Gasteiger partial charge in [-0.05, 0) is 19.8 Å². The van der Waals surface area contributed by atoms with E-state index in [4.69, 9.17) is 4.74 Å². The summed E-state index contributed by atoms with van der Waals surface area (Å²) in [6.45, 7) is 2.62. The van der Waals surface area contributed by atoms with Crippen LogP contribution in [0.15, 0.2) is 0 Å². The van der Waals surface area contributed by atoms with Crippen molar-refractivity contribution in [3.05, 3.63) is 0 Å². The first-order chi connectivity index (χ1) is 9.45. The second kappa shape index (κ2) is 7.23. The molecule has 1 aliphatic rings. The summed E-state index contributed by atoms with van der Waals surface area (Å²) in [6, 6.07) is -1.10. The Labute approximate surface area is 118 Å². The second-order valence-electron chi connectivity index (χ2n) is 4.93. The maximum Gasteiger partial charge on any atom is 0.331 e. The number of aliphatic hydroxyl groups is 1. The number of esters is 1. The van der Waals surface area contributed by atoms with E-state index >= 15 is 0 Å². The van der Waals surface area contributed by atoms with E-state index in [9.17, 15) is 19.5 Å². The van der Waals surface area contributed by atoms with Gasteiger partial charge in [0.25, 0.3) is 0 Å². The van der Waals surface area contributed by atoms with Crippen molar-refractivity contribution in [2.24, 2.45) is 0 Å². The second-order valence-corrected chi connectivity index (χ2v) is 4.93. The molecule has 0 spiro atoms. The first kappa shape index (κ1) is 16.4. The summed E-state index contributed by atoms with van der Waals surface area (Å²) in [4.78, 5) is 35.2. The lowest BCUT2D eigenvalue weighted by molar-refractivity contribution is -0.149. The van der Waals surface area contributed by atoms with Crippen LogP contribution in [0, 0.1) is 0 Å². The minimum absolute atomic E-state index is 0.169. The van der Waals surface area contributed by atoms with Crippen LogP contribution in [0.2, 0.25) is 0 Å². The standard InChI is InChI=1S/C13H22N2O5/c1-3-20-11(18)10(8-16)14-12(19)13(15-9(2)17)6-4-5-7-13/h10,16H,3-8H2,1-2H3,(H,14,19)(H,15,17)/t10-/m0/s1. The first-order valence-electron chi connectivity index (χ1n) is 6.82. The monoisotopic (exact) mass is 286 g/mol. The summed E-state index contributed by atoms with van der Waals surface area (Å²) < 4.78 is 4.77. The molecule has 2 amide bonds. The number of aliphatic hydroxyl groups excluding tert-OH is 1. The highest BCUT2D eigenvalue weighted by atomic mass is 16.5. The van der Waals surface area contributed by atoms with Crippen molar-refractivity contribution in [3.8, 4) is 0 Å². The van der Waals surface area contributed by atoms with Gasteiger partial charge < -0.3 is 20.5 Å². The summed E-state index contributed by atoms with van der Waals surface area (Å²) >= 11 is 0. The molecule has 0 unspecified atom stereocenters. The minimum atomic E-state index is -1.10.